The fourth-order valence-corrected chi connectivity index (χ4v) is 3.28. The van der Waals surface area contributed by atoms with E-state index in [4.69, 9.17) is 4.42 Å². The standard InChI is InChI=1S/C22H22F2N4O/c1-13-27-17-9-14(5-6-18(17)28(13)4)21-16(10-15(23)11-26-21)19-12-25-20(29-19)7-8-22(2,3)24/h5-6,9-12H,7-8H2,1-4H3. The quantitative estimate of drug-likeness (QED) is 0.452. The number of aryl methyl sites for hydroxylation is 3. The van der Waals surface area contributed by atoms with Crippen molar-refractivity contribution in [3.05, 3.63) is 54.2 Å². The molecule has 0 fully saturated rings. The van der Waals surface area contributed by atoms with Crippen LogP contribution in [0.4, 0.5) is 8.78 Å². The van der Waals surface area contributed by atoms with Crippen LogP contribution in [0.25, 0.3) is 33.6 Å². The lowest BCUT2D eigenvalue weighted by atomic mass is 10.0. The van der Waals surface area contributed by atoms with Crippen LogP contribution in [0.3, 0.4) is 0 Å². The summed E-state index contributed by atoms with van der Waals surface area (Å²) in [5.41, 5.74) is 2.40. The molecule has 0 unspecified atom stereocenters. The minimum atomic E-state index is -1.31. The number of alkyl halides is 1. The van der Waals surface area contributed by atoms with Crippen molar-refractivity contribution in [2.45, 2.75) is 39.3 Å². The predicted molar refractivity (Wildman–Crippen MR) is 108 cm³/mol. The van der Waals surface area contributed by atoms with Crippen LogP contribution in [0.1, 0.15) is 32.0 Å². The smallest absolute Gasteiger partial charge is 0.195 e. The topological polar surface area (TPSA) is 56.7 Å². The highest BCUT2D eigenvalue weighted by atomic mass is 19.1. The number of hydrogen-bond donors (Lipinski definition) is 0. The van der Waals surface area contributed by atoms with Crippen molar-refractivity contribution in [2.24, 2.45) is 7.05 Å². The fraction of sp³-hybridized carbons (Fsp3) is 0.318. The van der Waals surface area contributed by atoms with Crippen LogP contribution in [0, 0.1) is 12.7 Å². The van der Waals surface area contributed by atoms with Gasteiger partial charge in [0.05, 0.1) is 29.1 Å². The summed E-state index contributed by atoms with van der Waals surface area (Å²) in [6.07, 6.45) is 3.36. The van der Waals surface area contributed by atoms with Crippen LogP contribution in [-0.4, -0.2) is 25.2 Å². The summed E-state index contributed by atoms with van der Waals surface area (Å²) in [4.78, 5) is 13.1. The third-order valence-corrected chi connectivity index (χ3v) is 4.98. The summed E-state index contributed by atoms with van der Waals surface area (Å²) >= 11 is 0. The maximum Gasteiger partial charge on any atom is 0.195 e. The van der Waals surface area contributed by atoms with Gasteiger partial charge in [-0.15, -0.1) is 0 Å². The molecule has 0 aliphatic carbocycles. The Labute approximate surface area is 167 Å². The highest BCUT2D eigenvalue weighted by Gasteiger charge is 2.19. The monoisotopic (exact) mass is 396 g/mol. The Morgan fingerprint density at radius 2 is 1.93 bits per heavy atom. The molecule has 0 amide bonds. The number of pyridine rings is 1. The van der Waals surface area contributed by atoms with Crippen LogP contribution < -0.4 is 0 Å². The third-order valence-electron chi connectivity index (χ3n) is 4.98. The number of oxazole rings is 1. The maximum absolute atomic E-state index is 14.0. The number of nitrogens with zero attached hydrogens (tertiary/aromatic N) is 4. The molecule has 3 heterocycles. The highest BCUT2D eigenvalue weighted by molar-refractivity contribution is 5.86. The van der Waals surface area contributed by atoms with Gasteiger partial charge >= 0.3 is 0 Å². The van der Waals surface area contributed by atoms with Crippen LogP contribution >= 0.6 is 0 Å². The molecule has 4 aromatic rings. The molecule has 0 aliphatic rings. The normalized spacial score (nSPS) is 12.1. The molecule has 0 atom stereocenters. The second kappa shape index (κ2) is 7.06. The molecule has 7 heteroatoms. The fourth-order valence-electron chi connectivity index (χ4n) is 3.28. The molecule has 0 saturated carbocycles. The molecule has 150 valence electrons. The number of hydrogen-bond acceptors (Lipinski definition) is 4. The lowest BCUT2D eigenvalue weighted by Gasteiger charge is -2.11. The lowest BCUT2D eigenvalue weighted by Crippen LogP contribution is -2.12. The average molecular weight is 396 g/mol. The first-order chi connectivity index (χ1) is 13.7. The number of rotatable bonds is 5. The molecule has 3 aromatic heterocycles. The molecule has 0 N–H and O–H groups in total. The molecule has 0 spiro atoms. The molecule has 0 aliphatic heterocycles. The van der Waals surface area contributed by atoms with Crippen molar-refractivity contribution in [1.82, 2.24) is 19.5 Å². The van der Waals surface area contributed by atoms with E-state index in [-0.39, 0.29) is 6.42 Å². The van der Waals surface area contributed by atoms with E-state index in [9.17, 15) is 8.78 Å². The van der Waals surface area contributed by atoms with E-state index in [1.807, 2.05) is 36.7 Å². The van der Waals surface area contributed by atoms with E-state index >= 15 is 0 Å². The summed E-state index contributed by atoms with van der Waals surface area (Å²) in [5, 5.41) is 0. The number of benzene rings is 1. The zero-order valence-electron chi connectivity index (χ0n) is 16.8. The van der Waals surface area contributed by atoms with Gasteiger partial charge in [0, 0.05) is 24.6 Å². The van der Waals surface area contributed by atoms with E-state index in [0.29, 0.717) is 29.3 Å². The van der Waals surface area contributed by atoms with Gasteiger partial charge in [0.1, 0.15) is 17.3 Å². The summed E-state index contributed by atoms with van der Waals surface area (Å²) in [6.45, 7) is 4.97. The van der Waals surface area contributed by atoms with Crippen LogP contribution in [-0.2, 0) is 13.5 Å². The third kappa shape index (κ3) is 3.90. The summed E-state index contributed by atoms with van der Waals surface area (Å²) in [7, 11) is 1.96. The SMILES string of the molecule is Cc1nc2cc(-c3ncc(F)cc3-c3cnc(CCC(C)(C)F)o3)ccc2n1C. The van der Waals surface area contributed by atoms with Gasteiger partial charge < -0.3 is 8.98 Å². The Bertz CT molecular complexity index is 1190. The Balaban J connectivity index is 1.75. The van der Waals surface area contributed by atoms with Crippen molar-refractivity contribution >= 4 is 11.0 Å². The minimum Gasteiger partial charge on any atom is -0.441 e. The van der Waals surface area contributed by atoms with Gasteiger partial charge in [-0.05, 0) is 45.4 Å². The van der Waals surface area contributed by atoms with Gasteiger partial charge in [0.15, 0.2) is 11.7 Å². The largest absolute Gasteiger partial charge is 0.441 e. The maximum atomic E-state index is 14.0. The summed E-state index contributed by atoms with van der Waals surface area (Å²) in [6, 6.07) is 7.19. The minimum absolute atomic E-state index is 0.289. The first-order valence-corrected chi connectivity index (χ1v) is 9.44. The lowest BCUT2D eigenvalue weighted by molar-refractivity contribution is 0.197. The zero-order chi connectivity index (χ0) is 20.8. The molecule has 0 radical (unpaired) electrons. The molecular weight excluding hydrogens is 374 g/mol. The molecule has 5 nitrogen and oxygen atoms in total. The van der Waals surface area contributed by atoms with E-state index < -0.39 is 11.5 Å². The van der Waals surface area contributed by atoms with Crippen molar-refractivity contribution < 1.29 is 13.2 Å². The van der Waals surface area contributed by atoms with Crippen molar-refractivity contribution in [1.29, 1.82) is 0 Å². The number of imidazole rings is 1. The Kier molecular flexibility index (Phi) is 4.68. The van der Waals surface area contributed by atoms with E-state index in [1.54, 1.807) is 0 Å². The zero-order valence-corrected chi connectivity index (χ0v) is 16.8. The molecule has 29 heavy (non-hydrogen) atoms. The summed E-state index contributed by atoms with van der Waals surface area (Å²) < 4.78 is 35.5. The number of fused-ring (bicyclic) bond motifs is 1. The second-order valence-corrected chi connectivity index (χ2v) is 7.81. The molecule has 4 rings (SSSR count). The van der Waals surface area contributed by atoms with Crippen molar-refractivity contribution in [3.8, 4) is 22.6 Å². The Hall–Kier alpha value is -3.09. The van der Waals surface area contributed by atoms with Gasteiger partial charge in [-0.25, -0.2) is 18.7 Å². The van der Waals surface area contributed by atoms with E-state index in [0.717, 1.165) is 22.4 Å². The van der Waals surface area contributed by atoms with Gasteiger partial charge in [-0.3, -0.25) is 4.98 Å². The Morgan fingerprint density at radius 3 is 2.69 bits per heavy atom. The van der Waals surface area contributed by atoms with E-state index in [1.165, 1.54) is 32.3 Å². The van der Waals surface area contributed by atoms with Crippen molar-refractivity contribution in [2.75, 3.05) is 0 Å². The average Bonchev–Trinajstić information content (AvgIpc) is 3.24. The Morgan fingerprint density at radius 1 is 1.14 bits per heavy atom. The first kappa shape index (κ1) is 19.2. The predicted octanol–water partition coefficient (Wildman–Crippen LogP) is 5.42. The van der Waals surface area contributed by atoms with Gasteiger partial charge in [0.25, 0.3) is 0 Å². The van der Waals surface area contributed by atoms with Crippen LogP contribution in [0.15, 0.2) is 41.1 Å². The van der Waals surface area contributed by atoms with E-state index in [2.05, 4.69) is 15.0 Å². The molecule has 0 bridgehead atoms. The number of halogens is 2. The van der Waals surface area contributed by atoms with Gasteiger partial charge in [0.2, 0.25) is 0 Å². The van der Waals surface area contributed by atoms with Gasteiger partial charge in [-0.1, -0.05) is 6.07 Å². The van der Waals surface area contributed by atoms with Crippen molar-refractivity contribution in [3.63, 3.8) is 0 Å². The second-order valence-electron chi connectivity index (χ2n) is 7.81. The van der Waals surface area contributed by atoms with Crippen LogP contribution in [0.2, 0.25) is 0 Å². The summed E-state index contributed by atoms with van der Waals surface area (Å²) in [5.74, 6) is 1.24. The molecule has 0 saturated heterocycles. The molecular formula is C22H22F2N4O. The molecule has 1 aromatic carbocycles. The van der Waals surface area contributed by atoms with Crippen LogP contribution in [0.5, 0.6) is 0 Å². The number of aromatic nitrogens is 4. The first-order valence-electron chi connectivity index (χ1n) is 9.44. The highest BCUT2D eigenvalue weighted by Crippen LogP contribution is 2.33. The van der Waals surface area contributed by atoms with Gasteiger partial charge in [-0.2, -0.15) is 0 Å².